The lowest BCUT2D eigenvalue weighted by atomic mass is 10.1. The van der Waals surface area contributed by atoms with E-state index in [1.54, 1.807) is 0 Å². The molecule has 2 aliphatic carbocycles. The Morgan fingerprint density at radius 3 is 2.67 bits per heavy atom. The molecule has 0 unspecified atom stereocenters. The first-order valence-electron chi connectivity index (χ1n) is 6.88. The van der Waals surface area contributed by atoms with Gasteiger partial charge < -0.3 is 10.6 Å². The first-order valence-corrected chi connectivity index (χ1v) is 6.88. The molecule has 0 spiro atoms. The molecule has 2 aliphatic rings. The highest BCUT2D eigenvalue weighted by molar-refractivity contribution is 5.94. The minimum absolute atomic E-state index is 0.194. The molecule has 0 atom stereocenters. The number of nitrogens with zero attached hydrogens (tertiary/aromatic N) is 1. The topological polar surface area (TPSA) is 46.3 Å². The van der Waals surface area contributed by atoms with Crippen LogP contribution >= 0.6 is 0 Å². The monoisotopic (exact) mass is 244 g/mol. The minimum Gasteiger partial charge on any atom is -0.335 e. The highest BCUT2D eigenvalue weighted by Gasteiger charge is 2.36. The standard InChI is InChI=1S/C15H20N2O/c16-9-12-2-1-3-13(8-12)15(18)17(14-6-7-14)10-11-4-5-11/h1-3,8,11,14H,4-7,9-10,16H2. The molecule has 2 fully saturated rings. The van der Waals surface area contributed by atoms with Gasteiger partial charge in [-0.05, 0) is 49.3 Å². The summed E-state index contributed by atoms with van der Waals surface area (Å²) >= 11 is 0. The van der Waals surface area contributed by atoms with Gasteiger partial charge in [-0.2, -0.15) is 0 Å². The third-order valence-electron chi connectivity index (χ3n) is 3.81. The lowest BCUT2D eigenvalue weighted by molar-refractivity contribution is 0.0734. The fourth-order valence-corrected chi connectivity index (χ4v) is 2.36. The summed E-state index contributed by atoms with van der Waals surface area (Å²) in [5.41, 5.74) is 7.46. The molecule has 96 valence electrons. The maximum absolute atomic E-state index is 12.5. The Balaban J connectivity index is 1.77. The lowest BCUT2D eigenvalue weighted by Crippen LogP contribution is -2.35. The molecule has 0 saturated heterocycles. The normalized spacial score (nSPS) is 18.7. The van der Waals surface area contributed by atoms with E-state index in [-0.39, 0.29) is 5.91 Å². The molecule has 0 aliphatic heterocycles. The van der Waals surface area contributed by atoms with Gasteiger partial charge in [0.1, 0.15) is 0 Å². The Hall–Kier alpha value is -1.35. The minimum atomic E-state index is 0.194. The predicted octanol–water partition coefficient (Wildman–Crippen LogP) is 2.16. The number of amides is 1. The van der Waals surface area contributed by atoms with Crippen molar-refractivity contribution in [2.45, 2.75) is 38.3 Å². The van der Waals surface area contributed by atoms with Crippen molar-refractivity contribution in [3.63, 3.8) is 0 Å². The van der Waals surface area contributed by atoms with E-state index in [2.05, 4.69) is 4.90 Å². The summed E-state index contributed by atoms with van der Waals surface area (Å²) in [5, 5.41) is 0. The van der Waals surface area contributed by atoms with Gasteiger partial charge in [-0.25, -0.2) is 0 Å². The second-order valence-corrected chi connectivity index (χ2v) is 5.54. The van der Waals surface area contributed by atoms with Crippen LogP contribution in [0.15, 0.2) is 24.3 Å². The molecule has 0 aromatic heterocycles. The fourth-order valence-electron chi connectivity index (χ4n) is 2.36. The molecule has 2 saturated carbocycles. The molecule has 0 radical (unpaired) electrons. The van der Waals surface area contributed by atoms with Gasteiger partial charge in [0, 0.05) is 24.7 Å². The summed E-state index contributed by atoms with van der Waals surface area (Å²) in [6.07, 6.45) is 4.93. The molecule has 1 amide bonds. The molecule has 3 heteroatoms. The van der Waals surface area contributed by atoms with Gasteiger partial charge >= 0.3 is 0 Å². The second-order valence-electron chi connectivity index (χ2n) is 5.54. The SMILES string of the molecule is NCc1cccc(C(=O)N(CC2CC2)C2CC2)c1. The molecule has 2 N–H and O–H groups in total. The predicted molar refractivity (Wildman–Crippen MR) is 71.1 cm³/mol. The largest absolute Gasteiger partial charge is 0.335 e. The van der Waals surface area contributed by atoms with Gasteiger partial charge in [-0.3, -0.25) is 4.79 Å². The van der Waals surface area contributed by atoms with Crippen LogP contribution in [0.25, 0.3) is 0 Å². The Morgan fingerprint density at radius 2 is 2.06 bits per heavy atom. The van der Waals surface area contributed by atoms with E-state index in [1.807, 2.05) is 24.3 Å². The Bertz CT molecular complexity index is 450. The van der Waals surface area contributed by atoms with Crippen molar-refractivity contribution in [2.24, 2.45) is 11.7 Å². The molecular formula is C15H20N2O. The lowest BCUT2D eigenvalue weighted by Gasteiger charge is -2.22. The number of nitrogens with two attached hydrogens (primary N) is 1. The third-order valence-corrected chi connectivity index (χ3v) is 3.81. The van der Waals surface area contributed by atoms with E-state index in [9.17, 15) is 4.79 Å². The van der Waals surface area contributed by atoms with Crippen molar-refractivity contribution in [1.82, 2.24) is 4.90 Å². The summed E-state index contributed by atoms with van der Waals surface area (Å²) in [6.45, 7) is 1.45. The number of carbonyl (C=O) groups is 1. The number of hydrogen-bond donors (Lipinski definition) is 1. The molecule has 3 rings (SSSR count). The van der Waals surface area contributed by atoms with Crippen molar-refractivity contribution in [1.29, 1.82) is 0 Å². The molecule has 3 nitrogen and oxygen atoms in total. The van der Waals surface area contributed by atoms with Gasteiger partial charge in [0.05, 0.1) is 0 Å². The van der Waals surface area contributed by atoms with Crippen LogP contribution in [0, 0.1) is 5.92 Å². The van der Waals surface area contributed by atoms with Crippen molar-refractivity contribution in [3.8, 4) is 0 Å². The van der Waals surface area contributed by atoms with Crippen LogP contribution in [0.3, 0.4) is 0 Å². The average Bonchev–Trinajstić information content (AvgIpc) is 3.28. The third kappa shape index (κ3) is 2.56. The number of carbonyl (C=O) groups excluding carboxylic acids is 1. The Kier molecular flexibility index (Phi) is 3.08. The highest BCUT2D eigenvalue weighted by Crippen LogP contribution is 2.35. The van der Waals surface area contributed by atoms with Crippen molar-refractivity contribution < 1.29 is 4.79 Å². The summed E-state index contributed by atoms with van der Waals surface area (Å²) in [4.78, 5) is 14.6. The number of benzene rings is 1. The molecular weight excluding hydrogens is 224 g/mol. The summed E-state index contributed by atoms with van der Waals surface area (Å²) in [7, 11) is 0. The van der Waals surface area contributed by atoms with Gasteiger partial charge in [-0.1, -0.05) is 12.1 Å². The van der Waals surface area contributed by atoms with E-state index in [0.717, 1.165) is 23.6 Å². The summed E-state index contributed by atoms with van der Waals surface area (Å²) in [6, 6.07) is 8.24. The van der Waals surface area contributed by atoms with Crippen LogP contribution in [-0.2, 0) is 6.54 Å². The van der Waals surface area contributed by atoms with E-state index in [1.165, 1.54) is 25.7 Å². The summed E-state index contributed by atoms with van der Waals surface area (Å²) < 4.78 is 0. The van der Waals surface area contributed by atoms with E-state index >= 15 is 0 Å². The van der Waals surface area contributed by atoms with Gasteiger partial charge in [0.2, 0.25) is 0 Å². The molecule has 18 heavy (non-hydrogen) atoms. The Morgan fingerprint density at radius 1 is 1.28 bits per heavy atom. The molecule has 0 bridgehead atoms. The van der Waals surface area contributed by atoms with Crippen molar-refractivity contribution >= 4 is 5.91 Å². The van der Waals surface area contributed by atoms with Crippen LogP contribution in [0.5, 0.6) is 0 Å². The maximum Gasteiger partial charge on any atom is 0.254 e. The second kappa shape index (κ2) is 4.73. The summed E-state index contributed by atoms with van der Waals surface area (Å²) in [5.74, 6) is 0.951. The molecule has 1 aromatic rings. The van der Waals surface area contributed by atoms with Gasteiger partial charge in [0.15, 0.2) is 0 Å². The molecule has 1 aromatic carbocycles. The van der Waals surface area contributed by atoms with Gasteiger partial charge in [-0.15, -0.1) is 0 Å². The van der Waals surface area contributed by atoms with Crippen LogP contribution in [0.2, 0.25) is 0 Å². The van der Waals surface area contributed by atoms with Crippen LogP contribution in [0.4, 0.5) is 0 Å². The van der Waals surface area contributed by atoms with E-state index in [0.29, 0.717) is 12.6 Å². The van der Waals surface area contributed by atoms with Crippen LogP contribution in [-0.4, -0.2) is 23.4 Å². The number of rotatable bonds is 5. The smallest absolute Gasteiger partial charge is 0.254 e. The maximum atomic E-state index is 12.5. The average molecular weight is 244 g/mol. The highest BCUT2D eigenvalue weighted by atomic mass is 16.2. The zero-order valence-electron chi connectivity index (χ0n) is 10.6. The Labute approximate surface area is 108 Å². The van der Waals surface area contributed by atoms with Gasteiger partial charge in [0.25, 0.3) is 5.91 Å². The quantitative estimate of drug-likeness (QED) is 0.862. The van der Waals surface area contributed by atoms with Crippen LogP contribution in [0.1, 0.15) is 41.6 Å². The van der Waals surface area contributed by atoms with E-state index < -0.39 is 0 Å². The number of hydrogen-bond acceptors (Lipinski definition) is 2. The zero-order chi connectivity index (χ0) is 12.5. The van der Waals surface area contributed by atoms with Crippen LogP contribution < -0.4 is 5.73 Å². The van der Waals surface area contributed by atoms with E-state index in [4.69, 9.17) is 5.73 Å². The first-order chi connectivity index (χ1) is 8.78. The zero-order valence-corrected chi connectivity index (χ0v) is 10.6. The fraction of sp³-hybridized carbons (Fsp3) is 0.533. The van der Waals surface area contributed by atoms with Crippen molar-refractivity contribution in [3.05, 3.63) is 35.4 Å². The molecule has 0 heterocycles. The first kappa shape index (κ1) is 11.7. The van der Waals surface area contributed by atoms with Crippen molar-refractivity contribution in [2.75, 3.05) is 6.54 Å².